The Morgan fingerprint density at radius 2 is 1.89 bits per heavy atom. The zero-order valence-electron chi connectivity index (χ0n) is 10.9. The third-order valence-electron chi connectivity index (χ3n) is 1.74. The van der Waals surface area contributed by atoms with Crippen LogP contribution in [0.25, 0.3) is 0 Å². The average molecular weight is 251 g/mol. The van der Waals surface area contributed by atoms with Crippen molar-refractivity contribution in [3.63, 3.8) is 0 Å². The second-order valence-corrected chi connectivity index (χ2v) is 4.75. The molecule has 0 saturated heterocycles. The summed E-state index contributed by atoms with van der Waals surface area (Å²) in [5.41, 5.74) is -0.0552. The minimum atomic E-state index is -0.558. The second kappa shape index (κ2) is 5.53. The lowest BCUT2D eigenvalue weighted by Crippen LogP contribution is -2.27. The van der Waals surface area contributed by atoms with Gasteiger partial charge in [-0.15, -0.1) is 0 Å². The van der Waals surface area contributed by atoms with E-state index < -0.39 is 17.7 Å². The summed E-state index contributed by atoms with van der Waals surface area (Å²) < 4.78 is 10.0. The van der Waals surface area contributed by atoms with Crippen molar-refractivity contribution in [3.8, 4) is 5.75 Å². The van der Waals surface area contributed by atoms with Crippen LogP contribution in [0.2, 0.25) is 0 Å². The highest BCUT2D eigenvalue weighted by molar-refractivity contribution is 5.85. The van der Waals surface area contributed by atoms with Gasteiger partial charge in [0.1, 0.15) is 11.4 Å². The van der Waals surface area contributed by atoms with E-state index in [0.29, 0.717) is 11.4 Å². The molecule has 98 valence electrons. The van der Waals surface area contributed by atoms with Crippen molar-refractivity contribution < 1.29 is 19.1 Å². The predicted molar refractivity (Wildman–Crippen MR) is 67.6 cm³/mol. The first kappa shape index (κ1) is 14.0. The van der Waals surface area contributed by atoms with Gasteiger partial charge in [-0.2, -0.15) is 0 Å². The molecule has 1 amide bonds. The van der Waals surface area contributed by atoms with Gasteiger partial charge < -0.3 is 9.47 Å². The third-order valence-corrected chi connectivity index (χ3v) is 1.74. The maximum Gasteiger partial charge on any atom is 0.412 e. The van der Waals surface area contributed by atoms with Crippen LogP contribution in [0.1, 0.15) is 27.7 Å². The maximum absolute atomic E-state index is 11.5. The van der Waals surface area contributed by atoms with E-state index >= 15 is 0 Å². The Balaban J connectivity index is 2.67. The zero-order valence-corrected chi connectivity index (χ0v) is 10.9. The molecule has 1 aromatic rings. The molecular formula is C13H17NO4. The van der Waals surface area contributed by atoms with Crippen LogP contribution >= 0.6 is 0 Å². The van der Waals surface area contributed by atoms with E-state index in [9.17, 15) is 9.59 Å². The molecule has 1 N–H and O–H groups in total. The first-order valence-electron chi connectivity index (χ1n) is 5.55. The number of carbonyl (C=O) groups is 2. The van der Waals surface area contributed by atoms with Gasteiger partial charge in [0.05, 0.1) is 0 Å². The maximum atomic E-state index is 11.5. The van der Waals surface area contributed by atoms with Crippen LogP contribution in [-0.2, 0) is 9.53 Å². The lowest BCUT2D eigenvalue weighted by Gasteiger charge is -2.19. The normalized spacial score (nSPS) is 10.7. The number of esters is 1. The number of amides is 1. The number of hydrogen-bond donors (Lipinski definition) is 1. The number of ether oxygens (including phenoxy) is 2. The molecule has 0 aliphatic rings. The fourth-order valence-electron chi connectivity index (χ4n) is 1.22. The number of hydrogen-bond acceptors (Lipinski definition) is 4. The Hall–Kier alpha value is -2.04. The molecule has 0 spiro atoms. The summed E-state index contributed by atoms with van der Waals surface area (Å²) in [5, 5.41) is 2.56. The van der Waals surface area contributed by atoms with Gasteiger partial charge in [0.15, 0.2) is 0 Å². The van der Waals surface area contributed by atoms with Crippen molar-refractivity contribution in [2.24, 2.45) is 0 Å². The molecule has 0 bridgehead atoms. The summed E-state index contributed by atoms with van der Waals surface area (Å²) >= 11 is 0. The minimum absolute atomic E-state index is 0.371. The van der Waals surface area contributed by atoms with Crippen molar-refractivity contribution in [3.05, 3.63) is 24.3 Å². The lowest BCUT2D eigenvalue weighted by atomic mass is 10.2. The standard InChI is InChI=1S/C13H17NO4/c1-9(15)17-11-7-5-6-10(8-11)14-12(16)18-13(2,3)4/h5-8H,1-4H3,(H,14,16). The summed E-state index contributed by atoms with van der Waals surface area (Å²) in [5.74, 6) is -0.0412. The van der Waals surface area contributed by atoms with Gasteiger partial charge in [-0.25, -0.2) is 4.79 Å². The van der Waals surface area contributed by atoms with Crippen molar-refractivity contribution in [2.75, 3.05) is 5.32 Å². The minimum Gasteiger partial charge on any atom is -0.444 e. The molecule has 1 rings (SSSR count). The van der Waals surface area contributed by atoms with Gasteiger partial charge in [-0.05, 0) is 32.9 Å². The summed E-state index contributed by atoms with van der Waals surface area (Å²) in [6, 6.07) is 6.52. The summed E-state index contributed by atoms with van der Waals surface area (Å²) in [7, 11) is 0. The highest BCUT2D eigenvalue weighted by Crippen LogP contribution is 2.18. The van der Waals surface area contributed by atoms with Crippen LogP contribution < -0.4 is 10.1 Å². The molecule has 5 heteroatoms. The van der Waals surface area contributed by atoms with Crippen molar-refractivity contribution in [1.82, 2.24) is 0 Å². The third kappa shape index (κ3) is 5.34. The van der Waals surface area contributed by atoms with Crippen LogP contribution in [0.5, 0.6) is 5.75 Å². The van der Waals surface area contributed by atoms with E-state index in [1.165, 1.54) is 6.92 Å². The Labute approximate surface area is 106 Å². The molecule has 0 saturated carbocycles. The SMILES string of the molecule is CC(=O)Oc1cccc(NC(=O)OC(C)(C)C)c1. The Morgan fingerprint density at radius 3 is 2.44 bits per heavy atom. The van der Waals surface area contributed by atoms with Crippen LogP contribution in [0.15, 0.2) is 24.3 Å². The predicted octanol–water partition coefficient (Wildman–Crippen LogP) is 2.96. The molecule has 0 atom stereocenters. The Kier molecular flexibility index (Phi) is 4.31. The van der Waals surface area contributed by atoms with Gasteiger partial charge in [0, 0.05) is 18.7 Å². The second-order valence-electron chi connectivity index (χ2n) is 4.75. The van der Waals surface area contributed by atoms with E-state index in [1.807, 2.05) is 0 Å². The smallest absolute Gasteiger partial charge is 0.412 e. The fourth-order valence-corrected chi connectivity index (χ4v) is 1.22. The number of anilines is 1. The molecule has 0 heterocycles. The molecule has 0 aliphatic carbocycles. The number of carbonyl (C=O) groups excluding carboxylic acids is 2. The van der Waals surface area contributed by atoms with Crippen LogP contribution in [-0.4, -0.2) is 17.7 Å². The van der Waals surface area contributed by atoms with Crippen molar-refractivity contribution in [2.45, 2.75) is 33.3 Å². The lowest BCUT2D eigenvalue weighted by molar-refractivity contribution is -0.131. The molecule has 18 heavy (non-hydrogen) atoms. The van der Waals surface area contributed by atoms with Gasteiger partial charge >= 0.3 is 12.1 Å². The Bertz CT molecular complexity index is 449. The van der Waals surface area contributed by atoms with Gasteiger partial charge in [-0.3, -0.25) is 10.1 Å². The van der Waals surface area contributed by atoms with Crippen molar-refractivity contribution >= 4 is 17.7 Å². The molecule has 1 aromatic carbocycles. The first-order valence-corrected chi connectivity index (χ1v) is 5.55. The number of nitrogens with one attached hydrogen (secondary N) is 1. The monoisotopic (exact) mass is 251 g/mol. The highest BCUT2D eigenvalue weighted by Gasteiger charge is 2.16. The Morgan fingerprint density at radius 1 is 1.22 bits per heavy atom. The largest absolute Gasteiger partial charge is 0.444 e. The zero-order chi connectivity index (χ0) is 13.8. The average Bonchev–Trinajstić information content (AvgIpc) is 2.13. The van der Waals surface area contributed by atoms with Gasteiger partial charge in [0.25, 0.3) is 0 Å². The molecular weight excluding hydrogens is 234 g/mol. The summed E-state index contributed by atoms with van der Waals surface area (Å²) in [6.45, 7) is 6.65. The molecule has 0 fully saturated rings. The summed E-state index contributed by atoms with van der Waals surface area (Å²) in [4.78, 5) is 22.3. The van der Waals surface area contributed by atoms with Crippen LogP contribution in [0, 0.1) is 0 Å². The molecule has 0 aliphatic heterocycles. The van der Waals surface area contributed by atoms with E-state index in [2.05, 4.69) is 5.32 Å². The highest BCUT2D eigenvalue weighted by atomic mass is 16.6. The van der Waals surface area contributed by atoms with Crippen LogP contribution in [0.3, 0.4) is 0 Å². The fraction of sp³-hybridized carbons (Fsp3) is 0.385. The quantitative estimate of drug-likeness (QED) is 0.648. The van der Waals surface area contributed by atoms with E-state index in [0.717, 1.165) is 0 Å². The van der Waals surface area contributed by atoms with Gasteiger partial charge in [0.2, 0.25) is 0 Å². The summed E-state index contributed by atoms with van der Waals surface area (Å²) in [6.07, 6.45) is -0.553. The van der Waals surface area contributed by atoms with Crippen molar-refractivity contribution in [1.29, 1.82) is 0 Å². The van der Waals surface area contributed by atoms with E-state index in [1.54, 1.807) is 45.0 Å². The first-order chi connectivity index (χ1) is 8.26. The molecule has 5 nitrogen and oxygen atoms in total. The number of benzene rings is 1. The van der Waals surface area contributed by atoms with Gasteiger partial charge in [-0.1, -0.05) is 6.07 Å². The topological polar surface area (TPSA) is 64.6 Å². The molecule has 0 aromatic heterocycles. The van der Waals surface area contributed by atoms with E-state index in [-0.39, 0.29) is 0 Å². The molecule has 0 radical (unpaired) electrons. The number of rotatable bonds is 2. The van der Waals surface area contributed by atoms with Crippen LogP contribution in [0.4, 0.5) is 10.5 Å². The molecule has 0 unspecified atom stereocenters. The van der Waals surface area contributed by atoms with E-state index in [4.69, 9.17) is 9.47 Å².